The number of phenols is 1. The van der Waals surface area contributed by atoms with Crippen LogP contribution in [0.25, 0.3) is 0 Å². The summed E-state index contributed by atoms with van der Waals surface area (Å²) in [4.78, 5) is 57.5. The lowest BCUT2D eigenvalue weighted by Crippen LogP contribution is -2.55. The highest BCUT2D eigenvalue weighted by Gasteiger charge is 2.38. The Morgan fingerprint density at radius 3 is 1.80 bits per heavy atom. The Bertz CT molecular complexity index is 1580. The van der Waals surface area contributed by atoms with Crippen LogP contribution in [0.2, 0.25) is 0 Å². The molecule has 0 aliphatic rings. The molecule has 0 fully saturated rings. The van der Waals surface area contributed by atoms with Gasteiger partial charge in [0, 0.05) is 19.4 Å². The standard InChI is InChI=1S/C40H53N3O7/c1-9-10-23-43(36(46)31(25-28-17-13-11-14-18-28)42-38(48)50-40(6,7)8)34(30-21-22-33(44)27(2)24-30)35(45)41-32(37(47)49-39(3,4)5)26-29-19-15-12-16-20-29/h11-22,24,31-32,34,44H,9-10,23,25-26H2,1-8H3,(H,41,45)(H,42,48). The van der Waals surface area contributed by atoms with Crippen molar-refractivity contribution in [3.05, 3.63) is 101 Å². The quantitative estimate of drug-likeness (QED) is 0.163. The molecular formula is C40H53N3O7. The van der Waals surface area contributed by atoms with Crippen LogP contribution in [0.15, 0.2) is 78.9 Å². The number of ether oxygens (including phenoxy) is 2. The number of unbranched alkanes of at least 4 members (excludes halogenated alkanes) is 1. The summed E-state index contributed by atoms with van der Waals surface area (Å²) in [5.41, 5.74) is 0.916. The topological polar surface area (TPSA) is 134 Å². The molecule has 3 N–H and O–H groups in total. The predicted octanol–water partition coefficient (Wildman–Crippen LogP) is 6.58. The van der Waals surface area contributed by atoms with Crippen molar-refractivity contribution in [3.63, 3.8) is 0 Å². The Balaban J connectivity index is 2.12. The average molecular weight is 688 g/mol. The van der Waals surface area contributed by atoms with Crippen molar-refractivity contribution in [1.29, 1.82) is 0 Å². The van der Waals surface area contributed by atoms with Gasteiger partial charge in [-0.2, -0.15) is 0 Å². The van der Waals surface area contributed by atoms with Crippen LogP contribution in [0, 0.1) is 6.92 Å². The van der Waals surface area contributed by atoms with Gasteiger partial charge in [-0.05, 0) is 89.3 Å². The van der Waals surface area contributed by atoms with E-state index in [1.807, 2.05) is 67.6 Å². The number of hydrogen-bond acceptors (Lipinski definition) is 7. The molecule has 10 heteroatoms. The molecule has 3 aromatic carbocycles. The van der Waals surface area contributed by atoms with Crippen molar-refractivity contribution in [2.24, 2.45) is 0 Å². The Labute approximate surface area is 296 Å². The highest BCUT2D eigenvalue weighted by Crippen LogP contribution is 2.28. The van der Waals surface area contributed by atoms with Crippen LogP contribution in [0.1, 0.15) is 89.6 Å². The molecule has 0 spiro atoms. The molecule has 270 valence electrons. The molecule has 0 aliphatic carbocycles. The molecule has 10 nitrogen and oxygen atoms in total. The first-order valence-electron chi connectivity index (χ1n) is 17.2. The lowest BCUT2D eigenvalue weighted by molar-refractivity contribution is -0.159. The molecule has 0 saturated carbocycles. The number of carbonyl (C=O) groups excluding carboxylic acids is 4. The maximum Gasteiger partial charge on any atom is 0.408 e. The molecule has 0 saturated heterocycles. The number of rotatable bonds is 14. The lowest BCUT2D eigenvalue weighted by Gasteiger charge is -2.35. The van der Waals surface area contributed by atoms with Gasteiger partial charge in [0.05, 0.1) is 0 Å². The van der Waals surface area contributed by atoms with Gasteiger partial charge in [0.25, 0.3) is 0 Å². The summed E-state index contributed by atoms with van der Waals surface area (Å²) in [5, 5.41) is 16.1. The first-order chi connectivity index (χ1) is 23.5. The minimum Gasteiger partial charge on any atom is -0.508 e. The molecule has 0 heterocycles. The minimum absolute atomic E-state index is 0.0311. The number of benzene rings is 3. The van der Waals surface area contributed by atoms with Crippen molar-refractivity contribution < 1.29 is 33.8 Å². The van der Waals surface area contributed by atoms with Crippen LogP contribution in [0.3, 0.4) is 0 Å². The Hall–Kier alpha value is -4.86. The molecular weight excluding hydrogens is 634 g/mol. The van der Waals surface area contributed by atoms with E-state index in [2.05, 4.69) is 10.6 Å². The Kier molecular flexibility index (Phi) is 14.0. The fourth-order valence-electron chi connectivity index (χ4n) is 5.38. The predicted molar refractivity (Wildman–Crippen MR) is 193 cm³/mol. The van der Waals surface area contributed by atoms with E-state index >= 15 is 0 Å². The fraction of sp³-hybridized carbons (Fsp3) is 0.450. The summed E-state index contributed by atoms with van der Waals surface area (Å²) in [7, 11) is 0. The molecule has 0 bridgehead atoms. The summed E-state index contributed by atoms with van der Waals surface area (Å²) in [6.45, 7) is 14.3. The van der Waals surface area contributed by atoms with Gasteiger partial charge in [0.2, 0.25) is 11.8 Å². The summed E-state index contributed by atoms with van der Waals surface area (Å²) >= 11 is 0. The number of nitrogens with one attached hydrogen (secondary N) is 2. The van der Waals surface area contributed by atoms with E-state index in [9.17, 15) is 24.3 Å². The Morgan fingerprint density at radius 1 is 0.760 bits per heavy atom. The molecule has 3 unspecified atom stereocenters. The van der Waals surface area contributed by atoms with Crippen LogP contribution in [-0.2, 0) is 36.7 Å². The number of esters is 1. The molecule has 50 heavy (non-hydrogen) atoms. The summed E-state index contributed by atoms with van der Waals surface area (Å²) in [5.74, 6) is -1.70. The monoisotopic (exact) mass is 687 g/mol. The fourth-order valence-corrected chi connectivity index (χ4v) is 5.38. The number of alkyl carbamates (subject to hydrolysis) is 1. The highest BCUT2D eigenvalue weighted by atomic mass is 16.6. The second-order valence-corrected chi connectivity index (χ2v) is 14.5. The van der Waals surface area contributed by atoms with E-state index < -0.39 is 53.2 Å². The zero-order chi connectivity index (χ0) is 37.1. The van der Waals surface area contributed by atoms with Crippen LogP contribution in [0.5, 0.6) is 5.75 Å². The second-order valence-electron chi connectivity index (χ2n) is 14.5. The first-order valence-corrected chi connectivity index (χ1v) is 17.2. The minimum atomic E-state index is -1.23. The van der Waals surface area contributed by atoms with Crippen LogP contribution in [-0.4, -0.2) is 63.7 Å². The number of phenolic OH excluding ortho intramolecular Hbond substituents is 1. The molecule has 0 radical (unpaired) electrons. The van der Waals surface area contributed by atoms with Crippen molar-refractivity contribution in [3.8, 4) is 5.75 Å². The van der Waals surface area contributed by atoms with E-state index in [0.717, 1.165) is 11.1 Å². The number of aryl methyl sites for hydroxylation is 1. The zero-order valence-corrected chi connectivity index (χ0v) is 30.6. The van der Waals surface area contributed by atoms with Crippen molar-refractivity contribution >= 4 is 23.9 Å². The molecule has 3 aromatic rings. The maximum atomic E-state index is 14.8. The lowest BCUT2D eigenvalue weighted by atomic mass is 9.97. The molecule has 0 aromatic heterocycles. The van der Waals surface area contributed by atoms with Crippen molar-refractivity contribution in [2.45, 2.75) is 110 Å². The molecule has 3 rings (SSSR count). The van der Waals surface area contributed by atoms with Crippen molar-refractivity contribution in [2.75, 3.05) is 6.54 Å². The number of aromatic hydroxyl groups is 1. The van der Waals surface area contributed by atoms with Crippen LogP contribution < -0.4 is 10.6 Å². The van der Waals surface area contributed by atoms with Gasteiger partial charge in [-0.3, -0.25) is 9.59 Å². The largest absolute Gasteiger partial charge is 0.508 e. The summed E-state index contributed by atoms with van der Waals surface area (Å²) in [6.07, 6.45) is 0.791. The maximum absolute atomic E-state index is 14.8. The smallest absolute Gasteiger partial charge is 0.408 e. The molecule has 3 amide bonds. The third-order valence-corrected chi connectivity index (χ3v) is 7.69. The number of nitrogens with zero attached hydrogens (tertiary/aromatic N) is 1. The first kappa shape index (κ1) is 39.6. The summed E-state index contributed by atoms with van der Waals surface area (Å²) < 4.78 is 11.3. The molecule has 3 atom stereocenters. The van der Waals surface area contributed by atoms with Gasteiger partial charge >= 0.3 is 12.1 Å². The van der Waals surface area contributed by atoms with E-state index in [1.165, 1.54) is 11.0 Å². The van der Waals surface area contributed by atoms with Crippen LogP contribution in [0.4, 0.5) is 4.79 Å². The zero-order valence-electron chi connectivity index (χ0n) is 30.6. The van der Waals surface area contributed by atoms with Gasteiger partial charge < -0.3 is 30.1 Å². The number of amides is 3. The van der Waals surface area contributed by atoms with Gasteiger partial charge in [-0.25, -0.2) is 9.59 Å². The highest BCUT2D eigenvalue weighted by molar-refractivity contribution is 5.94. The summed E-state index contributed by atoms with van der Waals surface area (Å²) in [6, 6.07) is 19.9. The number of carbonyl (C=O) groups is 4. The van der Waals surface area contributed by atoms with Crippen molar-refractivity contribution in [1.82, 2.24) is 15.5 Å². The second kappa shape index (κ2) is 17.7. The van der Waals surface area contributed by atoms with E-state index in [4.69, 9.17) is 9.47 Å². The van der Waals surface area contributed by atoms with Gasteiger partial charge in [-0.1, -0.05) is 80.1 Å². The van der Waals surface area contributed by atoms with Gasteiger partial charge in [0.1, 0.15) is 35.1 Å². The molecule has 0 aliphatic heterocycles. The van der Waals surface area contributed by atoms with Gasteiger partial charge in [0.15, 0.2) is 0 Å². The average Bonchev–Trinajstić information content (AvgIpc) is 3.02. The Morgan fingerprint density at radius 2 is 1.30 bits per heavy atom. The normalized spacial score (nSPS) is 13.4. The van der Waals surface area contributed by atoms with E-state index in [1.54, 1.807) is 60.6 Å². The third kappa shape index (κ3) is 12.5. The third-order valence-electron chi connectivity index (χ3n) is 7.69. The SMILES string of the molecule is CCCCN(C(=O)C(Cc1ccccc1)NC(=O)OC(C)(C)C)C(C(=O)NC(Cc1ccccc1)C(=O)OC(C)(C)C)c1ccc(O)c(C)c1. The van der Waals surface area contributed by atoms with E-state index in [0.29, 0.717) is 24.0 Å². The van der Waals surface area contributed by atoms with Gasteiger partial charge in [-0.15, -0.1) is 0 Å². The van der Waals surface area contributed by atoms with E-state index in [-0.39, 0.29) is 25.1 Å². The van der Waals surface area contributed by atoms with Crippen LogP contribution >= 0.6 is 0 Å². The number of hydrogen-bond donors (Lipinski definition) is 3.